The van der Waals surface area contributed by atoms with Crippen molar-refractivity contribution in [1.29, 1.82) is 0 Å². The normalized spacial score (nSPS) is 14.5. The lowest BCUT2D eigenvalue weighted by Gasteiger charge is -2.26. The smallest absolute Gasteiger partial charge is 0.335 e. The summed E-state index contributed by atoms with van der Waals surface area (Å²) >= 11 is 9.75. The number of rotatable bonds is 9. The van der Waals surface area contributed by atoms with Crippen molar-refractivity contribution < 1.29 is 28.6 Å². The highest BCUT2D eigenvalue weighted by molar-refractivity contribution is 9.10. The lowest BCUT2D eigenvalue weighted by atomic mass is 10.1. The second kappa shape index (κ2) is 12.1. The maximum Gasteiger partial charge on any atom is 0.335 e. The Morgan fingerprint density at radius 2 is 1.66 bits per heavy atom. The molecule has 0 atom stereocenters. The van der Waals surface area contributed by atoms with Crippen LogP contribution in [0.3, 0.4) is 0 Å². The monoisotopic (exact) mass is 598 g/mol. The first-order chi connectivity index (χ1) is 18.3. The number of ether oxygens (including phenoxy) is 3. The van der Waals surface area contributed by atoms with E-state index >= 15 is 0 Å². The SMILES string of the molecule is CCOc1ccc(N2C(=O)NC(=O)/C(=C/c3cc(Br)c(OCc4ccccc4Cl)c(OCC)c3)C2=O)cc1. The summed E-state index contributed by atoms with van der Waals surface area (Å²) in [6.45, 7) is 4.72. The molecule has 1 heterocycles. The number of imide groups is 2. The quantitative estimate of drug-likeness (QED) is 0.234. The van der Waals surface area contributed by atoms with E-state index in [1.54, 1.807) is 42.5 Å². The van der Waals surface area contributed by atoms with Gasteiger partial charge in [0.2, 0.25) is 0 Å². The Labute approximate surface area is 233 Å². The molecule has 1 aliphatic rings. The first-order valence-corrected chi connectivity index (χ1v) is 13.0. The Kier molecular flexibility index (Phi) is 8.70. The largest absolute Gasteiger partial charge is 0.494 e. The molecular weight excluding hydrogens is 576 g/mol. The number of hydrogen-bond acceptors (Lipinski definition) is 6. The number of amides is 4. The molecule has 4 amide bonds. The summed E-state index contributed by atoms with van der Waals surface area (Å²) < 4.78 is 17.7. The van der Waals surface area contributed by atoms with Crippen LogP contribution in [-0.4, -0.2) is 31.1 Å². The average molecular weight is 600 g/mol. The zero-order valence-electron chi connectivity index (χ0n) is 20.6. The minimum absolute atomic E-state index is 0.207. The number of barbiturate groups is 1. The molecule has 3 aromatic carbocycles. The summed E-state index contributed by atoms with van der Waals surface area (Å²) in [4.78, 5) is 39.4. The fourth-order valence-electron chi connectivity index (χ4n) is 3.76. The molecule has 1 saturated heterocycles. The molecule has 0 spiro atoms. The van der Waals surface area contributed by atoms with Crippen molar-refractivity contribution in [3.63, 3.8) is 0 Å². The standard InChI is InChI=1S/C28H24BrClN2O6/c1-3-36-20-11-9-19(10-12-20)32-27(34)21(26(33)31-28(32)35)13-17-14-22(29)25(24(15-17)37-4-2)38-16-18-7-5-6-8-23(18)30/h5-15H,3-4,16H2,1-2H3,(H,31,33,35)/b21-13-. The Hall–Kier alpha value is -3.82. The summed E-state index contributed by atoms with van der Waals surface area (Å²) in [5.74, 6) is -0.104. The second-order valence-electron chi connectivity index (χ2n) is 8.03. The topological polar surface area (TPSA) is 94.2 Å². The number of nitrogens with one attached hydrogen (secondary N) is 1. The van der Waals surface area contributed by atoms with Crippen LogP contribution in [0.25, 0.3) is 6.08 Å². The van der Waals surface area contributed by atoms with E-state index in [2.05, 4.69) is 21.2 Å². The first kappa shape index (κ1) is 27.2. The second-order valence-corrected chi connectivity index (χ2v) is 9.29. The van der Waals surface area contributed by atoms with Crippen molar-refractivity contribution >= 4 is 57.1 Å². The third kappa shape index (κ3) is 6.00. The third-order valence-corrected chi connectivity index (χ3v) is 6.44. The molecule has 8 nitrogen and oxygen atoms in total. The molecule has 0 bridgehead atoms. The minimum Gasteiger partial charge on any atom is -0.494 e. The molecule has 1 fully saturated rings. The molecule has 1 N–H and O–H groups in total. The van der Waals surface area contributed by atoms with Crippen LogP contribution >= 0.6 is 27.5 Å². The van der Waals surface area contributed by atoms with Crippen molar-refractivity contribution in [3.8, 4) is 17.2 Å². The Balaban J connectivity index is 1.64. The number of hydrogen-bond donors (Lipinski definition) is 1. The van der Waals surface area contributed by atoms with Gasteiger partial charge in [0, 0.05) is 10.6 Å². The van der Waals surface area contributed by atoms with Crippen LogP contribution in [0.5, 0.6) is 17.2 Å². The molecule has 0 unspecified atom stereocenters. The highest BCUT2D eigenvalue weighted by Gasteiger charge is 2.37. The highest BCUT2D eigenvalue weighted by Crippen LogP contribution is 2.38. The van der Waals surface area contributed by atoms with Crippen LogP contribution in [0, 0.1) is 0 Å². The molecule has 1 aliphatic heterocycles. The van der Waals surface area contributed by atoms with Gasteiger partial charge in [-0.2, -0.15) is 0 Å². The van der Waals surface area contributed by atoms with E-state index in [0.717, 1.165) is 10.5 Å². The zero-order valence-corrected chi connectivity index (χ0v) is 23.0. The Morgan fingerprint density at radius 1 is 0.947 bits per heavy atom. The summed E-state index contributed by atoms with van der Waals surface area (Å²) in [7, 11) is 0. The Morgan fingerprint density at radius 3 is 2.34 bits per heavy atom. The van der Waals surface area contributed by atoms with Gasteiger partial charge in [0.1, 0.15) is 17.9 Å². The summed E-state index contributed by atoms with van der Waals surface area (Å²) in [6, 6.07) is 16.3. The van der Waals surface area contributed by atoms with Gasteiger partial charge in [-0.15, -0.1) is 0 Å². The number of halogens is 2. The maximum absolute atomic E-state index is 13.3. The van der Waals surface area contributed by atoms with E-state index < -0.39 is 17.8 Å². The zero-order chi connectivity index (χ0) is 27.2. The molecule has 0 saturated carbocycles. The number of urea groups is 1. The van der Waals surface area contributed by atoms with E-state index in [4.69, 9.17) is 25.8 Å². The van der Waals surface area contributed by atoms with E-state index in [1.165, 1.54) is 6.08 Å². The fraction of sp³-hybridized carbons (Fsp3) is 0.179. The number of carbonyl (C=O) groups excluding carboxylic acids is 3. The van der Waals surface area contributed by atoms with Gasteiger partial charge in [-0.3, -0.25) is 14.9 Å². The molecule has 0 radical (unpaired) electrons. The van der Waals surface area contributed by atoms with E-state index in [-0.39, 0.29) is 12.2 Å². The summed E-state index contributed by atoms with van der Waals surface area (Å²) in [5, 5.41) is 2.81. The maximum atomic E-state index is 13.3. The predicted octanol–water partition coefficient (Wildman–Crippen LogP) is 6.15. The van der Waals surface area contributed by atoms with Gasteiger partial charge < -0.3 is 14.2 Å². The van der Waals surface area contributed by atoms with Crippen LogP contribution < -0.4 is 24.4 Å². The first-order valence-electron chi connectivity index (χ1n) is 11.8. The number of anilines is 1. The van der Waals surface area contributed by atoms with Crippen molar-refractivity contribution in [2.24, 2.45) is 0 Å². The molecule has 4 rings (SSSR count). The van der Waals surface area contributed by atoms with Crippen molar-refractivity contribution in [3.05, 3.63) is 86.9 Å². The lowest BCUT2D eigenvalue weighted by molar-refractivity contribution is -0.122. The van der Waals surface area contributed by atoms with Gasteiger partial charge in [0.05, 0.1) is 23.4 Å². The molecule has 196 valence electrons. The molecule has 0 aliphatic carbocycles. The summed E-state index contributed by atoms with van der Waals surface area (Å²) in [6.07, 6.45) is 1.40. The fourth-order valence-corrected chi connectivity index (χ4v) is 4.52. The molecule has 10 heteroatoms. The van der Waals surface area contributed by atoms with Crippen molar-refractivity contribution in [2.45, 2.75) is 20.5 Å². The number of nitrogens with zero attached hydrogens (tertiary/aromatic N) is 1. The van der Waals surface area contributed by atoms with E-state index in [0.29, 0.717) is 51.2 Å². The predicted molar refractivity (Wildman–Crippen MR) is 148 cm³/mol. The van der Waals surface area contributed by atoms with Gasteiger partial charge in [-0.25, -0.2) is 9.69 Å². The lowest BCUT2D eigenvalue weighted by Crippen LogP contribution is -2.54. The number of carbonyl (C=O) groups is 3. The van der Waals surface area contributed by atoms with Crippen LogP contribution in [-0.2, 0) is 16.2 Å². The van der Waals surface area contributed by atoms with E-state index in [1.807, 2.05) is 32.0 Å². The molecule has 38 heavy (non-hydrogen) atoms. The van der Waals surface area contributed by atoms with Crippen LogP contribution in [0.15, 0.2) is 70.7 Å². The van der Waals surface area contributed by atoms with Crippen LogP contribution in [0.1, 0.15) is 25.0 Å². The number of benzene rings is 3. The molecule has 3 aromatic rings. The van der Waals surface area contributed by atoms with Gasteiger partial charge in [-0.1, -0.05) is 29.8 Å². The van der Waals surface area contributed by atoms with Gasteiger partial charge in [0.15, 0.2) is 11.5 Å². The van der Waals surface area contributed by atoms with Crippen LogP contribution in [0.2, 0.25) is 5.02 Å². The average Bonchev–Trinajstić information content (AvgIpc) is 2.88. The van der Waals surface area contributed by atoms with Crippen molar-refractivity contribution in [2.75, 3.05) is 18.1 Å². The molecule has 0 aromatic heterocycles. The van der Waals surface area contributed by atoms with Gasteiger partial charge in [0.25, 0.3) is 11.8 Å². The van der Waals surface area contributed by atoms with Gasteiger partial charge >= 0.3 is 6.03 Å². The highest BCUT2D eigenvalue weighted by atomic mass is 79.9. The van der Waals surface area contributed by atoms with Crippen LogP contribution in [0.4, 0.5) is 10.5 Å². The van der Waals surface area contributed by atoms with E-state index in [9.17, 15) is 14.4 Å². The minimum atomic E-state index is -0.833. The Bertz CT molecular complexity index is 1410. The third-order valence-electron chi connectivity index (χ3n) is 5.48. The summed E-state index contributed by atoms with van der Waals surface area (Å²) in [5.41, 5.74) is 1.38. The van der Waals surface area contributed by atoms with Crippen molar-refractivity contribution in [1.82, 2.24) is 5.32 Å². The molecular formula is C28H24BrClN2O6. The van der Waals surface area contributed by atoms with Gasteiger partial charge in [-0.05, 0) is 83.9 Å².